The van der Waals surface area contributed by atoms with Gasteiger partial charge in [0.1, 0.15) is 6.07 Å². The summed E-state index contributed by atoms with van der Waals surface area (Å²) in [5, 5.41) is 19.3. The normalized spacial score (nSPS) is 16.9. The molecule has 9 heteroatoms. The van der Waals surface area contributed by atoms with Gasteiger partial charge in [0.25, 0.3) is 0 Å². The number of hydrazine groups is 1. The van der Waals surface area contributed by atoms with Crippen LogP contribution in [0.2, 0.25) is 0 Å². The summed E-state index contributed by atoms with van der Waals surface area (Å²) in [6.07, 6.45) is 7.95. The average molecular weight is 403 g/mol. The number of nitriles is 1. The number of nitrogens with one attached hydrogen (secondary N) is 1. The maximum Gasteiger partial charge on any atom is 0.164 e. The van der Waals surface area contributed by atoms with Gasteiger partial charge in [-0.25, -0.2) is 15.8 Å². The van der Waals surface area contributed by atoms with Gasteiger partial charge in [0.2, 0.25) is 0 Å². The van der Waals surface area contributed by atoms with Crippen LogP contribution in [0, 0.1) is 11.3 Å². The lowest BCUT2D eigenvalue weighted by Crippen LogP contribution is -2.26. The summed E-state index contributed by atoms with van der Waals surface area (Å²) in [7, 11) is 2.07. The van der Waals surface area contributed by atoms with Crippen molar-refractivity contribution in [1.29, 1.82) is 5.26 Å². The smallest absolute Gasteiger partial charge is 0.164 e. The number of nitrogens with two attached hydrogens (primary N) is 1. The summed E-state index contributed by atoms with van der Waals surface area (Å²) in [6, 6.07) is 6.42. The van der Waals surface area contributed by atoms with Crippen molar-refractivity contribution in [3.05, 3.63) is 48.2 Å². The topological polar surface area (TPSA) is 112 Å². The highest BCUT2D eigenvalue weighted by atomic mass is 15.4. The Labute approximate surface area is 175 Å². The van der Waals surface area contributed by atoms with E-state index in [0.717, 1.165) is 23.2 Å². The number of hydrogen-bond donors (Lipinski definition) is 2. The highest BCUT2D eigenvalue weighted by molar-refractivity contribution is 5.78. The third-order valence-electron chi connectivity index (χ3n) is 5.15. The molecule has 4 rings (SSSR count). The van der Waals surface area contributed by atoms with E-state index in [0.29, 0.717) is 23.1 Å². The lowest BCUT2D eigenvalue weighted by molar-refractivity contribution is 0.612. The second-order valence-electron chi connectivity index (χ2n) is 7.66. The number of anilines is 2. The highest BCUT2D eigenvalue weighted by Gasteiger charge is 2.35. The molecule has 0 aliphatic carbocycles. The van der Waals surface area contributed by atoms with Crippen molar-refractivity contribution >= 4 is 22.4 Å². The number of fused-ring (bicyclic) bond motifs is 1. The maximum absolute atomic E-state index is 9.08. The van der Waals surface area contributed by atoms with Crippen molar-refractivity contribution in [2.45, 2.75) is 39.3 Å². The molecule has 3 aromatic heterocycles. The van der Waals surface area contributed by atoms with E-state index in [-0.39, 0.29) is 6.04 Å². The molecule has 0 spiro atoms. The van der Waals surface area contributed by atoms with Crippen LogP contribution in [0.1, 0.15) is 32.8 Å². The predicted octanol–water partition coefficient (Wildman–Crippen LogP) is 2.75. The molecule has 0 radical (unpaired) electrons. The van der Waals surface area contributed by atoms with Crippen LogP contribution in [0.15, 0.2) is 42.6 Å². The molecule has 30 heavy (non-hydrogen) atoms. The van der Waals surface area contributed by atoms with Crippen LogP contribution in [-0.4, -0.2) is 43.8 Å². The molecule has 1 unspecified atom stereocenters. The van der Waals surface area contributed by atoms with Crippen LogP contribution in [0.4, 0.5) is 11.4 Å². The fourth-order valence-corrected chi connectivity index (χ4v) is 3.57. The van der Waals surface area contributed by atoms with Gasteiger partial charge in [0.15, 0.2) is 11.5 Å². The molecule has 9 nitrogen and oxygen atoms in total. The average Bonchev–Trinajstić information content (AvgIpc) is 3.15. The largest absolute Gasteiger partial charge is 0.381 e. The Bertz CT molecular complexity index is 1150. The fourth-order valence-electron chi connectivity index (χ4n) is 3.57. The van der Waals surface area contributed by atoms with Crippen LogP contribution in [0.5, 0.6) is 0 Å². The van der Waals surface area contributed by atoms with Gasteiger partial charge >= 0.3 is 0 Å². The third kappa shape index (κ3) is 3.53. The fraction of sp³-hybridized carbons (Fsp3) is 0.333. The van der Waals surface area contributed by atoms with Gasteiger partial charge in [0, 0.05) is 36.9 Å². The van der Waals surface area contributed by atoms with E-state index in [4.69, 9.17) is 11.1 Å². The van der Waals surface area contributed by atoms with Crippen LogP contribution in [-0.2, 0) is 0 Å². The first kappa shape index (κ1) is 19.7. The number of nitrogens with zero attached hydrogens (tertiary/aromatic N) is 7. The molecule has 0 amide bonds. The van der Waals surface area contributed by atoms with Gasteiger partial charge in [-0.3, -0.25) is 5.01 Å². The van der Waals surface area contributed by atoms with Crippen LogP contribution in [0.3, 0.4) is 0 Å². The van der Waals surface area contributed by atoms with Gasteiger partial charge in [-0.05, 0) is 26.3 Å². The van der Waals surface area contributed by atoms with Gasteiger partial charge < -0.3 is 10.2 Å². The Balaban J connectivity index is 1.73. The molecule has 4 heterocycles. The monoisotopic (exact) mass is 403 g/mol. The van der Waals surface area contributed by atoms with Crippen molar-refractivity contribution in [2.75, 3.05) is 17.4 Å². The lowest BCUT2D eigenvalue weighted by atomic mass is 10.2. The molecular formula is C21H25N9. The molecule has 0 saturated carbocycles. The second kappa shape index (κ2) is 7.65. The second-order valence-corrected chi connectivity index (χ2v) is 7.66. The van der Waals surface area contributed by atoms with Crippen molar-refractivity contribution in [3.63, 3.8) is 0 Å². The molecule has 3 aromatic rings. The minimum absolute atomic E-state index is 0.206. The molecule has 1 aliphatic heterocycles. The van der Waals surface area contributed by atoms with E-state index in [1.165, 1.54) is 11.9 Å². The number of hydrogen-bond acceptors (Lipinski definition) is 8. The minimum atomic E-state index is 0.206. The van der Waals surface area contributed by atoms with Crippen molar-refractivity contribution in [1.82, 2.24) is 24.6 Å². The van der Waals surface area contributed by atoms with E-state index in [1.54, 1.807) is 28.2 Å². The zero-order chi connectivity index (χ0) is 21.4. The Morgan fingerprint density at radius 1 is 1.30 bits per heavy atom. The predicted molar refractivity (Wildman–Crippen MR) is 117 cm³/mol. The summed E-state index contributed by atoms with van der Waals surface area (Å²) >= 11 is 0. The van der Waals surface area contributed by atoms with Crippen LogP contribution >= 0.6 is 0 Å². The number of pyridine rings is 2. The summed E-state index contributed by atoms with van der Waals surface area (Å²) in [5.41, 5.74) is 3.96. The molecule has 1 saturated heterocycles. The third-order valence-corrected chi connectivity index (χ3v) is 5.15. The summed E-state index contributed by atoms with van der Waals surface area (Å²) < 4.78 is 1.66. The molecule has 1 fully saturated rings. The van der Waals surface area contributed by atoms with E-state index in [1.807, 2.05) is 12.3 Å². The quantitative estimate of drug-likeness (QED) is 0.367. The van der Waals surface area contributed by atoms with Crippen molar-refractivity contribution in [3.8, 4) is 11.9 Å². The standard InChI is InChI=1S/C21H25N9/c1-5-17-19(28(17)4)12-29(23)18-11-24-20(7-16(18)27-13(2)3)30-21-15(10-26-30)6-14(8-22)9-25-21/h6-7,9-13,17H,5,23H2,1-4H3,(H,24,27)/b19-12-. The van der Waals surface area contributed by atoms with Gasteiger partial charge in [-0.2, -0.15) is 15.0 Å². The Morgan fingerprint density at radius 2 is 2.10 bits per heavy atom. The molecule has 0 bridgehead atoms. The summed E-state index contributed by atoms with van der Waals surface area (Å²) in [6.45, 7) is 6.30. The van der Waals surface area contributed by atoms with Crippen LogP contribution < -0.4 is 16.2 Å². The van der Waals surface area contributed by atoms with Crippen molar-refractivity contribution < 1.29 is 0 Å². The van der Waals surface area contributed by atoms with E-state index >= 15 is 0 Å². The first-order valence-corrected chi connectivity index (χ1v) is 9.92. The number of rotatable bonds is 6. The number of likely N-dealkylation sites (N-methyl/N-ethyl adjacent to an activating group) is 1. The van der Waals surface area contributed by atoms with E-state index in [2.05, 4.69) is 59.2 Å². The Hall–Kier alpha value is -3.64. The molecule has 3 N–H and O–H groups in total. The van der Waals surface area contributed by atoms with Gasteiger partial charge in [0.05, 0.1) is 41.1 Å². The summed E-state index contributed by atoms with van der Waals surface area (Å²) in [5.74, 6) is 6.98. The minimum Gasteiger partial charge on any atom is -0.381 e. The molecule has 1 atom stereocenters. The number of aromatic nitrogens is 4. The molecule has 1 aliphatic rings. The van der Waals surface area contributed by atoms with Gasteiger partial charge in [-0.15, -0.1) is 0 Å². The summed E-state index contributed by atoms with van der Waals surface area (Å²) in [4.78, 5) is 11.2. The van der Waals surface area contributed by atoms with Gasteiger partial charge in [-0.1, -0.05) is 6.92 Å². The van der Waals surface area contributed by atoms with Crippen LogP contribution in [0.25, 0.3) is 16.9 Å². The lowest BCUT2D eigenvalue weighted by Gasteiger charge is -2.21. The highest BCUT2D eigenvalue weighted by Crippen LogP contribution is 2.35. The zero-order valence-corrected chi connectivity index (χ0v) is 17.5. The first-order valence-electron chi connectivity index (χ1n) is 9.92. The van der Waals surface area contributed by atoms with Crippen molar-refractivity contribution in [2.24, 2.45) is 5.84 Å². The Kier molecular flexibility index (Phi) is 5.01. The zero-order valence-electron chi connectivity index (χ0n) is 17.5. The SMILES string of the molecule is CCC1/C(=C/N(N)c2cnc(-n3ncc4cc(C#N)cnc43)cc2NC(C)C)N1C. The molecule has 0 aromatic carbocycles. The molecule has 154 valence electrons. The maximum atomic E-state index is 9.08. The van der Waals surface area contributed by atoms with E-state index in [9.17, 15) is 0 Å². The van der Waals surface area contributed by atoms with E-state index < -0.39 is 0 Å². The Morgan fingerprint density at radius 3 is 2.77 bits per heavy atom. The molecular weight excluding hydrogens is 378 g/mol. The first-order chi connectivity index (χ1) is 14.4.